The van der Waals surface area contributed by atoms with Crippen molar-refractivity contribution in [3.8, 4) is 0 Å². The van der Waals surface area contributed by atoms with Crippen LogP contribution in [0.4, 0.5) is 4.79 Å². The Balaban J connectivity index is 1.47. The Labute approximate surface area is 149 Å². The minimum Gasteiger partial charge on any atom is -0.381 e. The van der Waals surface area contributed by atoms with Crippen LogP contribution in [0, 0.1) is 12.8 Å². The largest absolute Gasteiger partial charge is 0.381 e. The molecule has 2 aliphatic heterocycles. The van der Waals surface area contributed by atoms with E-state index in [2.05, 4.69) is 34.6 Å². The lowest BCUT2D eigenvalue weighted by molar-refractivity contribution is 0.00212. The number of carbonyl (C=O) groups is 1. The summed E-state index contributed by atoms with van der Waals surface area (Å²) in [4.78, 5) is 14.6. The van der Waals surface area contributed by atoms with Crippen LogP contribution in [-0.4, -0.2) is 63.0 Å². The van der Waals surface area contributed by atoms with Crippen LogP contribution in [0.25, 0.3) is 0 Å². The van der Waals surface area contributed by atoms with Gasteiger partial charge in [-0.3, -0.25) is 4.90 Å². The van der Waals surface area contributed by atoms with Gasteiger partial charge in [0.15, 0.2) is 0 Å². The Bertz CT molecular complexity index is 537. The lowest BCUT2D eigenvalue weighted by atomic mass is 9.97. The molecule has 2 heterocycles. The summed E-state index contributed by atoms with van der Waals surface area (Å²) < 4.78 is 11.0. The first-order valence-electron chi connectivity index (χ1n) is 9.19. The van der Waals surface area contributed by atoms with Crippen molar-refractivity contribution in [1.29, 1.82) is 0 Å². The van der Waals surface area contributed by atoms with Gasteiger partial charge in [-0.05, 0) is 18.9 Å². The van der Waals surface area contributed by atoms with Gasteiger partial charge in [-0.2, -0.15) is 0 Å². The number of amides is 2. The van der Waals surface area contributed by atoms with Crippen molar-refractivity contribution in [2.45, 2.75) is 25.9 Å². The molecule has 1 aromatic rings. The zero-order valence-electron chi connectivity index (χ0n) is 15.0. The van der Waals surface area contributed by atoms with E-state index in [1.807, 2.05) is 12.1 Å². The summed E-state index contributed by atoms with van der Waals surface area (Å²) in [5.41, 5.74) is 2.33. The van der Waals surface area contributed by atoms with Gasteiger partial charge >= 0.3 is 6.03 Å². The smallest absolute Gasteiger partial charge is 0.315 e. The molecule has 0 radical (unpaired) electrons. The number of nitrogens with zero attached hydrogens (tertiary/aromatic N) is 1. The molecule has 2 N–H and O–H groups in total. The summed E-state index contributed by atoms with van der Waals surface area (Å²) in [6.45, 7) is 8.24. The second-order valence-electron chi connectivity index (χ2n) is 6.89. The summed E-state index contributed by atoms with van der Waals surface area (Å²) in [6.07, 6.45) is 1.06. The van der Waals surface area contributed by atoms with Gasteiger partial charge in [0.25, 0.3) is 0 Å². The quantitative estimate of drug-likeness (QED) is 0.819. The van der Waals surface area contributed by atoms with Gasteiger partial charge in [0.05, 0.1) is 19.8 Å². The van der Waals surface area contributed by atoms with Crippen molar-refractivity contribution >= 4 is 6.03 Å². The molecule has 0 unspecified atom stereocenters. The van der Waals surface area contributed by atoms with Crippen molar-refractivity contribution in [1.82, 2.24) is 15.5 Å². The zero-order valence-corrected chi connectivity index (χ0v) is 15.0. The Morgan fingerprint density at radius 3 is 2.60 bits per heavy atom. The number of urea groups is 1. The van der Waals surface area contributed by atoms with E-state index in [-0.39, 0.29) is 6.03 Å². The van der Waals surface area contributed by atoms with E-state index in [9.17, 15) is 4.79 Å². The summed E-state index contributed by atoms with van der Waals surface area (Å²) in [5, 5.41) is 5.99. The van der Waals surface area contributed by atoms with Gasteiger partial charge in [-0.15, -0.1) is 0 Å². The molecule has 3 rings (SSSR count). The maximum atomic E-state index is 12.2. The Kier molecular flexibility index (Phi) is 6.67. The monoisotopic (exact) mass is 347 g/mol. The summed E-state index contributed by atoms with van der Waals surface area (Å²) in [6, 6.07) is 8.41. The molecule has 0 aromatic heterocycles. The summed E-state index contributed by atoms with van der Waals surface area (Å²) in [7, 11) is 0. The predicted octanol–water partition coefficient (Wildman–Crippen LogP) is 1.53. The highest BCUT2D eigenvalue weighted by Gasteiger charge is 2.31. The maximum absolute atomic E-state index is 12.2. The molecule has 2 saturated heterocycles. The fourth-order valence-electron chi connectivity index (χ4n) is 3.51. The predicted molar refractivity (Wildman–Crippen MR) is 96.5 cm³/mol. The highest BCUT2D eigenvalue weighted by Crippen LogP contribution is 2.21. The van der Waals surface area contributed by atoms with E-state index in [1.165, 1.54) is 5.56 Å². The Morgan fingerprint density at radius 2 is 1.92 bits per heavy atom. The van der Waals surface area contributed by atoms with Gasteiger partial charge in [0, 0.05) is 44.7 Å². The number of morpholine rings is 1. The number of hydrogen-bond donors (Lipinski definition) is 2. The normalized spacial score (nSPS) is 22.5. The van der Waals surface area contributed by atoms with E-state index in [1.54, 1.807) is 0 Å². The van der Waals surface area contributed by atoms with Crippen LogP contribution < -0.4 is 10.6 Å². The molecule has 6 nitrogen and oxygen atoms in total. The number of ether oxygens (including phenoxy) is 2. The molecule has 6 heteroatoms. The standard InChI is InChI=1S/C19H29N3O3/c1-15-2-4-16(5-3-15)12-20-19(23)21-13-18(17-6-9-25-14-17)22-7-10-24-11-8-22/h2-5,17-18H,6-14H2,1H3,(H2,20,21,23)/t17-,18+/m0/s1. The van der Waals surface area contributed by atoms with E-state index in [4.69, 9.17) is 9.47 Å². The first-order valence-corrected chi connectivity index (χ1v) is 9.19. The van der Waals surface area contributed by atoms with Crippen LogP contribution in [0.3, 0.4) is 0 Å². The highest BCUT2D eigenvalue weighted by atomic mass is 16.5. The summed E-state index contributed by atoms with van der Waals surface area (Å²) in [5.74, 6) is 0.482. The third kappa shape index (κ3) is 5.42. The molecule has 2 fully saturated rings. The fourth-order valence-corrected chi connectivity index (χ4v) is 3.51. The molecule has 1 aromatic carbocycles. The van der Waals surface area contributed by atoms with Crippen LogP contribution in [0.1, 0.15) is 17.5 Å². The third-order valence-corrected chi connectivity index (χ3v) is 5.07. The van der Waals surface area contributed by atoms with Gasteiger partial charge < -0.3 is 20.1 Å². The second kappa shape index (κ2) is 9.17. The van der Waals surface area contributed by atoms with Crippen LogP contribution in [0.5, 0.6) is 0 Å². The van der Waals surface area contributed by atoms with E-state index >= 15 is 0 Å². The van der Waals surface area contributed by atoms with Crippen molar-refractivity contribution in [3.63, 3.8) is 0 Å². The van der Waals surface area contributed by atoms with Crippen molar-refractivity contribution in [3.05, 3.63) is 35.4 Å². The van der Waals surface area contributed by atoms with Crippen LogP contribution in [0.15, 0.2) is 24.3 Å². The maximum Gasteiger partial charge on any atom is 0.315 e. The van der Waals surface area contributed by atoms with Gasteiger partial charge in [0.2, 0.25) is 0 Å². The number of aryl methyl sites for hydroxylation is 1. The number of nitrogens with one attached hydrogen (secondary N) is 2. The number of rotatable bonds is 6. The minimum atomic E-state index is -0.113. The third-order valence-electron chi connectivity index (χ3n) is 5.07. The average molecular weight is 347 g/mol. The Morgan fingerprint density at radius 1 is 1.16 bits per heavy atom. The zero-order chi connectivity index (χ0) is 17.5. The van der Waals surface area contributed by atoms with Gasteiger partial charge in [-0.25, -0.2) is 4.79 Å². The minimum absolute atomic E-state index is 0.113. The molecule has 0 bridgehead atoms. The number of carbonyl (C=O) groups excluding carboxylic acids is 1. The van der Waals surface area contributed by atoms with Crippen molar-refractivity contribution in [2.24, 2.45) is 5.92 Å². The SMILES string of the molecule is Cc1ccc(CNC(=O)NC[C@H]([C@H]2CCOC2)N2CCOCC2)cc1. The lowest BCUT2D eigenvalue weighted by Crippen LogP contribution is -2.53. The molecular formula is C19H29N3O3. The van der Waals surface area contributed by atoms with Gasteiger partial charge in [0.1, 0.15) is 0 Å². The summed E-state index contributed by atoms with van der Waals surface area (Å²) >= 11 is 0. The molecule has 138 valence electrons. The number of hydrogen-bond acceptors (Lipinski definition) is 4. The van der Waals surface area contributed by atoms with Crippen LogP contribution in [-0.2, 0) is 16.0 Å². The van der Waals surface area contributed by atoms with Crippen LogP contribution in [0.2, 0.25) is 0 Å². The molecule has 0 saturated carbocycles. The average Bonchev–Trinajstić information content (AvgIpc) is 3.17. The van der Waals surface area contributed by atoms with E-state index < -0.39 is 0 Å². The molecule has 0 aliphatic carbocycles. The lowest BCUT2D eigenvalue weighted by Gasteiger charge is -2.37. The topological polar surface area (TPSA) is 62.8 Å². The molecule has 0 spiro atoms. The molecule has 25 heavy (non-hydrogen) atoms. The van der Waals surface area contributed by atoms with E-state index in [0.29, 0.717) is 25.0 Å². The van der Waals surface area contributed by atoms with Crippen LogP contribution >= 0.6 is 0 Å². The molecular weight excluding hydrogens is 318 g/mol. The Hall–Kier alpha value is -1.63. The van der Waals surface area contributed by atoms with Gasteiger partial charge in [-0.1, -0.05) is 29.8 Å². The first-order chi connectivity index (χ1) is 12.2. The molecule has 2 aliphatic rings. The fraction of sp³-hybridized carbons (Fsp3) is 0.632. The van der Waals surface area contributed by atoms with E-state index in [0.717, 1.165) is 51.5 Å². The first kappa shape index (κ1) is 18.2. The molecule has 2 atom stereocenters. The van der Waals surface area contributed by atoms with Crippen molar-refractivity contribution < 1.29 is 14.3 Å². The number of benzene rings is 1. The highest BCUT2D eigenvalue weighted by molar-refractivity contribution is 5.73. The second-order valence-corrected chi connectivity index (χ2v) is 6.89. The van der Waals surface area contributed by atoms with Crippen molar-refractivity contribution in [2.75, 3.05) is 46.1 Å². The molecule has 2 amide bonds.